The second kappa shape index (κ2) is 8.08. The van der Waals surface area contributed by atoms with Gasteiger partial charge in [0, 0.05) is 37.2 Å². The Hall–Kier alpha value is -1.69. The van der Waals surface area contributed by atoms with Crippen LogP contribution in [0.4, 0.5) is 4.79 Å². The topological polar surface area (TPSA) is 76.1 Å². The fourth-order valence-corrected chi connectivity index (χ4v) is 2.07. The first-order valence-electron chi connectivity index (χ1n) is 7.77. The quantitative estimate of drug-likeness (QED) is 0.810. The molecule has 22 heavy (non-hydrogen) atoms. The van der Waals surface area contributed by atoms with Gasteiger partial charge in [0.2, 0.25) is 0 Å². The predicted octanol–water partition coefficient (Wildman–Crippen LogP) is 2.65. The molecule has 0 aliphatic heterocycles. The second-order valence-electron chi connectivity index (χ2n) is 6.39. The lowest BCUT2D eigenvalue weighted by atomic mass is 9.92. The van der Waals surface area contributed by atoms with Gasteiger partial charge >= 0.3 is 6.09 Å². The number of amides is 1. The highest BCUT2D eigenvalue weighted by atomic mass is 16.6. The van der Waals surface area contributed by atoms with Crippen molar-refractivity contribution in [1.82, 2.24) is 20.6 Å². The first kappa shape index (κ1) is 18.4. The molecule has 0 radical (unpaired) electrons. The van der Waals surface area contributed by atoms with E-state index in [1.54, 1.807) is 18.6 Å². The van der Waals surface area contributed by atoms with E-state index in [2.05, 4.69) is 34.4 Å². The molecular formula is C16H28N4O2. The standard InChI is InChI=1S/C16H28N4O2/c1-6-16(7-2,12-19-14(21)22-15(3,4)5)20-11-13-10-17-8-9-18-13/h8-10,20H,6-7,11-12H2,1-5H3,(H,19,21). The summed E-state index contributed by atoms with van der Waals surface area (Å²) in [7, 11) is 0. The van der Waals surface area contributed by atoms with Gasteiger partial charge in [-0.3, -0.25) is 9.97 Å². The number of ether oxygens (including phenoxy) is 1. The van der Waals surface area contributed by atoms with Gasteiger partial charge in [-0.05, 0) is 33.6 Å². The Bertz CT molecular complexity index is 453. The van der Waals surface area contributed by atoms with E-state index in [0.717, 1.165) is 18.5 Å². The molecule has 0 spiro atoms. The summed E-state index contributed by atoms with van der Waals surface area (Å²) in [5.41, 5.74) is 0.207. The zero-order valence-electron chi connectivity index (χ0n) is 14.3. The van der Waals surface area contributed by atoms with Gasteiger partial charge in [-0.2, -0.15) is 0 Å². The lowest BCUT2D eigenvalue weighted by molar-refractivity contribution is 0.0507. The van der Waals surface area contributed by atoms with E-state index >= 15 is 0 Å². The highest BCUT2D eigenvalue weighted by Crippen LogP contribution is 2.15. The van der Waals surface area contributed by atoms with Crippen LogP contribution >= 0.6 is 0 Å². The summed E-state index contributed by atoms with van der Waals surface area (Å²) in [6.07, 6.45) is 6.46. The largest absolute Gasteiger partial charge is 0.444 e. The molecule has 1 rings (SSSR count). The van der Waals surface area contributed by atoms with Crippen molar-refractivity contribution in [2.45, 2.75) is 65.1 Å². The molecule has 1 amide bonds. The van der Waals surface area contributed by atoms with E-state index in [1.807, 2.05) is 20.8 Å². The van der Waals surface area contributed by atoms with Crippen molar-refractivity contribution < 1.29 is 9.53 Å². The van der Waals surface area contributed by atoms with Crippen molar-refractivity contribution >= 4 is 6.09 Å². The molecule has 6 nitrogen and oxygen atoms in total. The smallest absolute Gasteiger partial charge is 0.407 e. The van der Waals surface area contributed by atoms with Gasteiger partial charge in [-0.1, -0.05) is 13.8 Å². The predicted molar refractivity (Wildman–Crippen MR) is 86.4 cm³/mol. The first-order valence-corrected chi connectivity index (χ1v) is 7.77. The maximum absolute atomic E-state index is 11.8. The number of aromatic nitrogens is 2. The van der Waals surface area contributed by atoms with Crippen molar-refractivity contribution in [2.75, 3.05) is 6.54 Å². The lowest BCUT2D eigenvalue weighted by Crippen LogP contribution is -2.53. The molecule has 124 valence electrons. The van der Waals surface area contributed by atoms with Gasteiger partial charge in [0.25, 0.3) is 0 Å². The summed E-state index contributed by atoms with van der Waals surface area (Å²) in [6.45, 7) is 10.9. The number of nitrogens with one attached hydrogen (secondary N) is 2. The molecule has 6 heteroatoms. The summed E-state index contributed by atoms with van der Waals surface area (Å²) >= 11 is 0. The third kappa shape index (κ3) is 6.39. The molecule has 0 atom stereocenters. The lowest BCUT2D eigenvalue weighted by Gasteiger charge is -2.33. The summed E-state index contributed by atoms with van der Waals surface area (Å²) in [6, 6.07) is 0. The van der Waals surface area contributed by atoms with Crippen molar-refractivity contribution in [3.63, 3.8) is 0 Å². The summed E-state index contributed by atoms with van der Waals surface area (Å²) in [4.78, 5) is 20.1. The molecule has 1 aromatic heterocycles. The van der Waals surface area contributed by atoms with Crippen LogP contribution in [0.1, 0.15) is 53.2 Å². The highest BCUT2D eigenvalue weighted by molar-refractivity contribution is 5.67. The molecular weight excluding hydrogens is 280 g/mol. The van der Waals surface area contributed by atoms with Crippen LogP contribution in [0.2, 0.25) is 0 Å². The van der Waals surface area contributed by atoms with Gasteiger partial charge in [0.1, 0.15) is 5.60 Å². The molecule has 0 aromatic carbocycles. The number of carbonyl (C=O) groups is 1. The van der Waals surface area contributed by atoms with E-state index in [0.29, 0.717) is 13.1 Å². The molecule has 0 unspecified atom stereocenters. The van der Waals surface area contributed by atoms with Crippen LogP contribution in [-0.2, 0) is 11.3 Å². The van der Waals surface area contributed by atoms with E-state index in [9.17, 15) is 4.79 Å². The van der Waals surface area contributed by atoms with Crippen LogP contribution in [0.25, 0.3) is 0 Å². The molecule has 2 N–H and O–H groups in total. The Labute approximate surface area is 133 Å². The van der Waals surface area contributed by atoms with Crippen LogP contribution in [0.3, 0.4) is 0 Å². The average molecular weight is 308 g/mol. The van der Waals surface area contributed by atoms with Gasteiger partial charge in [-0.25, -0.2) is 4.79 Å². The Morgan fingerprint density at radius 2 is 1.91 bits per heavy atom. The number of rotatable bonds is 7. The van der Waals surface area contributed by atoms with Gasteiger partial charge in [0.15, 0.2) is 0 Å². The Morgan fingerprint density at radius 1 is 1.23 bits per heavy atom. The van der Waals surface area contributed by atoms with E-state index in [1.165, 1.54) is 0 Å². The molecule has 0 aliphatic rings. The summed E-state index contributed by atoms with van der Waals surface area (Å²) in [5.74, 6) is 0. The van der Waals surface area contributed by atoms with Crippen molar-refractivity contribution in [1.29, 1.82) is 0 Å². The third-order valence-corrected chi connectivity index (χ3v) is 3.58. The minimum Gasteiger partial charge on any atom is -0.444 e. The number of hydrogen-bond donors (Lipinski definition) is 2. The molecule has 0 aliphatic carbocycles. The fourth-order valence-electron chi connectivity index (χ4n) is 2.07. The second-order valence-corrected chi connectivity index (χ2v) is 6.39. The van der Waals surface area contributed by atoms with Crippen LogP contribution in [0.5, 0.6) is 0 Å². The number of hydrogen-bond acceptors (Lipinski definition) is 5. The first-order chi connectivity index (χ1) is 10.3. The molecule has 0 fully saturated rings. The van der Waals surface area contributed by atoms with E-state index in [-0.39, 0.29) is 11.6 Å². The molecule has 0 bridgehead atoms. The van der Waals surface area contributed by atoms with E-state index < -0.39 is 5.60 Å². The van der Waals surface area contributed by atoms with Gasteiger partial charge in [-0.15, -0.1) is 0 Å². The SMILES string of the molecule is CCC(CC)(CNC(=O)OC(C)(C)C)NCc1cnccn1. The molecule has 1 heterocycles. The minimum atomic E-state index is -0.488. The minimum absolute atomic E-state index is 0.186. The summed E-state index contributed by atoms with van der Waals surface area (Å²) in [5, 5.41) is 6.35. The van der Waals surface area contributed by atoms with Gasteiger partial charge in [0.05, 0.1) is 5.69 Å². The Morgan fingerprint density at radius 3 is 2.41 bits per heavy atom. The van der Waals surface area contributed by atoms with Crippen LogP contribution in [0.15, 0.2) is 18.6 Å². The molecule has 0 saturated carbocycles. The number of alkyl carbamates (subject to hydrolysis) is 1. The zero-order chi connectivity index (χ0) is 16.6. The molecule has 1 aromatic rings. The van der Waals surface area contributed by atoms with Crippen molar-refractivity contribution in [3.8, 4) is 0 Å². The number of carbonyl (C=O) groups excluding carboxylic acids is 1. The maximum atomic E-state index is 11.8. The highest BCUT2D eigenvalue weighted by Gasteiger charge is 2.27. The maximum Gasteiger partial charge on any atom is 0.407 e. The monoisotopic (exact) mass is 308 g/mol. The number of nitrogens with zero attached hydrogens (tertiary/aromatic N) is 2. The average Bonchev–Trinajstić information content (AvgIpc) is 2.47. The molecule has 0 saturated heterocycles. The summed E-state index contributed by atoms with van der Waals surface area (Å²) < 4.78 is 5.28. The van der Waals surface area contributed by atoms with Crippen LogP contribution in [0, 0.1) is 0 Å². The third-order valence-electron chi connectivity index (χ3n) is 3.58. The zero-order valence-corrected chi connectivity index (χ0v) is 14.3. The normalized spacial score (nSPS) is 12.0. The fraction of sp³-hybridized carbons (Fsp3) is 0.688. The van der Waals surface area contributed by atoms with E-state index in [4.69, 9.17) is 4.74 Å². The van der Waals surface area contributed by atoms with Crippen LogP contribution < -0.4 is 10.6 Å². The van der Waals surface area contributed by atoms with Gasteiger partial charge < -0.3 is 15.4 Å². The van der Waals surface area contributed by atoms with Crippen molar-refractivity contribution in [2.24, 2.45) is 0 Å². The Balaban J connectivity index is 2.57. The van der Waals surface area contributed by atoms with Crippen molar-refractivity contribution in [3.05, 3.63) is 24.3 Å². The van der Waals surface area contributed by atoms with Crippen LogP contribution in [-0.4, -0.2) is 33.7 Å². The Kier molecular flexibility index (Phi) is 6.74.